The number of alkyl halides is 3. The molecule has 3 rings (SSSR count). The molecule has 0 saturated carbocycles. The van der Waals surface area contributed by atoms with Gasteiger partial charge in [-0.1, -0.05) is 70.4 Å². The van der Waals surface area contributed by atoms with E-state index in [2.05, 4.69) is 0 Å². The molecule has 32 heavy (non-hydrogen) atoms. The minimum absolute atomic E-state index is 0.114. The van der Waals surface area contributed by atoms with Crippen LogP contribution < -0.4 is 0 Å². The molecule has 11 heteroatoms. The summed E-state index contributed by atoms with van der Waals surface area (Å²) in [6.07, 6.45) is 0. The van der Waals surface area contributed by atoms with E-state index in [0.29, 0.717) is 0 Å². The molecule has 0 aliphatic heterocycles. The molecular formula is C21H18F3NO4S3. The summed E-state index contributed by atoms with van der Waals surface area (Å²) >= 11 is -0.483. The Balaban J connectivity index is 2.26. The summed E-state index contributed by atoms with van der Waals surface area (Å²) in [6, 6.07) is 19.3. The number of rotatable bonds is 8. The Kier molecular flexibility index (Phi) is 7.33. The molecule has 0 fully saturated rings. The summed E-state index contributed by atoms with van der Waals surface area (Å²) in [5, 5.41) is 0. The predicted molar refractivity (Wildman–Crippen MR) is 117 cm³/mol. The largest absolute Gasteiger partial charge is 0.441 e. The third kappa shape index (κ3) is 5.52. The molecule has 0 aromatic heterocycles. The van der Waals surface area contributed by atoms with Gasteiger partial charge in [-0.3, -0.25) is 0 Å². The molecule has 0 saturated heterocycles. The highest BCUT2D eigenvalue weighted by molar-refractivity contribution is 8.04. The average Bonchev–Trinajstić information content (AvgIpc) is 2.77. The van der Waals surface area contributed by atoms with Crippen LogP contribution in [0, 0.1) is 0 Å². The Morgan fingerprint density at radius 3 is 1.44 bits per heavy atom. The van der Waals surface area contributed by atoms with Crippen molar-refractivity contribution in [2.75, 3.05) is 5.75 Å². The van der Waals surface area contributed by atoms with Crippen molar-refractivity contribution in [3.05, 3.63) is 96.6 Å². The number of sulfonamides is 2. The smallest absolute Gasteiger partial charge is 0.206 e. The molecule has 5 nitrogen and oxygen atoms in total. The Bertz CT molecular complexity index is 1170. The average molecular weight is 502 g/mol. The van der Waals surface area contributed by atoms with Gasteiger partial charge in [0, 0.05) is 5.75 Å². The molecule has 3 aromatic rings. The van der Waals surface area contributed by atoms with Gasteiger partial charge in [-0.05, 0) is 41.6 Å². The molecule has 1 atom stereocenters. The molecule has 0 radical (unpaired) electrons. The summed E-state index contributed by atoms with van der Waals surface area (Å²) in [4.78, 5) is -0.699. The van der Waals surface area contributed by atoms with Crippen LogP contribution in [0.4, 0.5) is 13.2 Å². The fraction of sp³-hybridized carbons (Fsp3) is 0.143. The molecule has 1 unspecified atom stereocenters. The summed E-state index contributed by atoms with van der Waals surface area (Å²) < 4.78 is 93.6. The number of benzene rings is 3. The molecule has 0 aliphatic carbocycles. The summed E-state index contributed by atoms with van der Waals surface area (Å²) in [7, 11) is -9.51. The highest BCUT2D eigenvalue weighted by Crippen LogP contribution is 2.40. The SMILES string of the molecule is O=S(=O)(c1ccccc1)N(C(CSC(F)(F)F)c1ccccc1)S(=O)(=O)c1ccccc1. The highest BCUT2D eigenvalue weighted by Gasteiger charge is 2.44. The molecule has 170 valence electrons. The summed E-state index contributed by atoms with van der Waals surface area (Å²) in [5.41, 5.74) is -4.57. The van der Waals surface area contributed by atoms with Crippen LogP contribution in [0.1, 0.15) is 11.6 Å². The van der Waals surface area contributed by atoms with Crippen LogP contribution in [0.3, 0.4) is 0 Å². The number of hydrogen-bond acceptors (Lipinski definition) is 5. The maximum absolute atomic E-state index is 13.5. The van der Waals surface area contributed by atoms with E-state index < -0.39 is 49.1 Å². The van der Waals surface area contributed by atoms with Gasteiger partial charge in [0.1, 0.15) is 0 Å². The van der Waals surface area contributed by atoms with E-state index in [-0.39, 0.29) is 19.1 Å². The van der Waals surface area contributed by atoms with Crippen LogP contribution in [-0.4, -0.2) is 31.8 Å². The van der Waals surface area contributed by atoms with Gasteiger partial charge in [-0.15, -0.1) is 0 Å². The summed E-state index contributed by atoms with van der Waals surface area (Å²) in [6.45, 7) is 0. The lowest BCUT2D eigenvalue weighted by Crippen LogP contribution is -2.41. The van der Waals surface area contributed by atoms with Crippen LogP contribution in [0.2, 0.25) is 0 Å². The van der Waals surface area contributed by atoms with Crippen molar-refractivity contribution in [1.29, 1.82) is 0 Å². The zero-order chi connectivity index (χ0) is 23.4. The Morgan fingerprint density at radius 2 is 1.06 bits per heavy atom. The highest BCUT2D eigenvalue weighted by atomic mass is 32.3. The first-order chi connectivity index (χ1) is 15.0. The van der Waals surface area contributed by atoms with E-state index in [9.17, 15) is 30.0 Å². The third-order valence-corrected chi connectivity index (χ3v) is 9.58. The topological polar surface area (TPSA) is 71.5 Å². The quantitative estimate of drug-likeness (QED) is 0.432. The van der Waals surface area contributed by atoms with Gasteiger partial charge < -0.3 is 0 Å². The van der Waals surface area contributed by atoms with Crippen LogP contribution >= 0.6 is 11.8 Å². The Hall–Kier alpha value is -2.34. The molecule has 0 heterocycles. The molecule has 0 spiro atoms. The minimum Gasteiger partial charge on any atom is -0.206 e. The van der Waals surface area contributed by atoms with Crippen LogP contribution in [-0.2, 0) is 20.0 Å². The van der Waals surface area contributed by atoms with Crippen LogP contribution in [0.5, 0.6) is 0 Å². The van der Waals surface area contributed by atoms with Gasteiger partial charge in [0.2, 0.25) is 0 Å². The fourth-order valence-electron chi connectivity index (χ4n) is 2.98. The first-order valence-corrected chi connectivity index (χ1v) is 13.1. The van der Waals surface area contributed by atoms with E-state index in [4.69, 9.17) is 0 Å². The second-order valence-corrected chi connectivity index (χ2v) is 11.5. The van der Waals surface area contributed by atoms with Crippen molar-refractivity contribution in [2.45, 2.75) is 21.3 Å². The molecule has 0 amide bonds. The molecule has 0 N–H and O–H groups in total. The summed E-state index contributed by atoms with van der Waals surface area (Å²) in [5.74, 6) is -0.856. The normalized spacial score (nSPS) is 13.8. The van der Waals surface area contributed by atoms with Gasteiger partial charge in [-0.25, -0.2) is 16.8 Å². The van der Waals surface area contributed by atoms with Crippen molar-refractivity contribution < 1.29 is 30.0 Å². The van der Waals surface area contributed by atoms with Gasteiger partial charge in [0.05, 0.1) is 15.8 Å². The second-order valence-electron chi connectivity index (χ2n) is 6.54. The van der Waals surface area contributed by atoms with Crippen LogP contribution in [0.25, 0.3) is 0 Å². The van der Waals surface area contributed by atoms with Crippen LogP contribution in [0.15, 0.2) is 101 Å². The van der Waals surface area contributed by atoms with Crippen molar-refractivity contribution in [3.63, 3.8) is 0 Å². The van der Waals surface area contributed by atoms with E-state index >= 15 is 0 Å². The van der Waals surface area contributed by atoms with Crippen molar-refractivity contribution in [1.82, 2.24) is 3.71 Å². The molecule has 3 aromatic carbocycles. The molecule has 0 aliphatic rings. The van der Waals surface area contributed by atoms with Gasteiger partial charge in [0.15, 0.2) is 0 Å². The second kappa shape index (κ2) is 9.65. The lowest BCUT2D eigenvalue weighted by atomic mass is 10.1. The van der Waals surface area contributed by atoms with Gasteiger partial charge in [-0.2, -0.15) is 13.2 Å². The van der Waals surface area contributed by atoms with Crippen molar-refractivity contribution in [3.8, 4) is 0 Å². The number of thioether (sulfide) groups is 1. The predicted octanol–water partition coefficient (Wildman–Crippen LogP) is 5.06. The van der Waals surface area contributed by atoms with E-state index in [1.165, 1.54) is 72.8 Å². The fourth-order valence-corrected chi connectivity index (χ4v) is 7.89. The number of hydrogen-bond donors (Lipinski definition) is 0. The van der Waals surface area contributed by atoms with E-state index in [1.807, 2.05) is 0 Å². The Labute approximate surface area is 189 Å². The zero-order valence-corrected chi connectivity index (χ0v) is 18.8. The molecular weight excluding hydrogens is 483 g/mol. The number of nitrogens with zero attached hydrogens (tertiary/aromatic N) is 1. The van der Waals surface area contributed by atoms with E-state index in [0.717, 1.165) is 0 Å². The maximum atomic E-state index is 13.5. The van der Waals surface area contributed by atoms with E-state index in [1.54, 1.807) is 18.2 Å². The number of halogens is 3. The monoisotopic (exact) mass is 501 g/mol. The first-order valence-electron chi connectivity index (χ1n) is 9.19. The van der Waals surface area contributed by atoms with Gasteiger partial charge in [0.25, 0.3) is 20.0 Å². The lowest BCUT2D eigenvalue weighted by Gasteiger charge is -2.30. The Morgan fingerprint density at radius 1 is 0.688 bits per heavy atom. The zero-order valence-electron chi connectivity index (χ0n) is 16.4. The minimum atomic E-state index is -4.76. The van der Waals surface area contributed by atoms with Crippen molar-refractivity contribution >= 4 is 31.8 Å². The maximum Gasteiger partial charge on any atom is 0.441 e. The standard InChI is InChI=1S/C21H18F3NO4S3/c22-21(23,24)30-16-20(17-10-4-1-5-11-17)25(31(26,27)18-12-6-2-7-13-18)32(28,29)19-14-8-3-9-15-19/h1-15,20H,16H2. The first kappa shape index (κ1) is 24.3. The van der Waals surface area contributed by atoms with Crippen molar-refractivity contribution in [2.24, 2.45) is 0 Å². The molecule has 0 bridgehead atoms. The lowest BCUT2D eigenvalue weighted by molar-refractivity contribution is -0.0329. The van der Waals surface area contributed by atoms with Gasteiger partial charge >= 0.3 is 5.51 Å². The third-order valence-electron chi connectivity index (χ3n) is 4.40.